The summed E-state index contributed by atoms with van der Waals surface area (Å²) in [6, 6.07) is 0.339. The van der Waals surface area contributed by atoms with Crippen molar-refractivity contribution in [2.24, 2.45) is 11.8 Å². The van der Waals surface area contributed by atoms with Crippen molar-refractivity contribution in [2.45, 2.75) is 37.8 Å². The molecule has 18 heavy (non-hydrogen) atoms. The van der Waals surface area contributed by atoms with Crippen LogP contribution in [0, 0.1) is 11.8 Å². The van der Waals surface area contributed by atoms with Crippen molar-refractivity contribution < 1.29 is 9.53 Å². The molecule has 2 saturated heterocycles. The van der Waals surface area contributed by atoms with E-state index in [2.05, 4.69) is 9.80 Å². The van der Waals surface area contributed by atoms with Gasteiger partial charge in [0.2, 0.25) is 5.91 Å². The molecular formula is C14H22N2O2. The molecule has 1 amide bonds. The number of fused-ring (bicyclic) bond motifs is 1. The van der Waals surface area contributed by atoms with Crippen LogP contribution < -0.4 is 0 Å². The summed E-state index contributed by atoms with van der Waals surface area (Å²) in [4.78, 5) is 16.7. The van der Waals surface area contributed by atoms with E-state index in [9.17, 15) is 4.79 Å². The molecule has 0 aromatic rings. The van der Waals surface area contributed by atoms with E-state index >= 15 is 0 Å². The molecule has 2 heterocycles. The lowest BCUT2D eigenvalue weighted by Gasteiger charge is -2.36. The Morgan fingerprint density at radius 1 is 1.06 bits per heavy atom. The van der Waals surface area contributed by atoms with E-state index in [-0.39, 0.29) is 12.0 Å². The number of ether oxygens (including phenoxy) is 1. The number of carbonyl (C=O) groups is 1. The van der Waals surface area contributed by atoms with Crippen LogP contribution in [0.4, 0.5) is 0 Å². The second kappa shape index (κ2) is 4.20. The molecule has 0 aromatic carbocycles. The number of hydrogen-bond donors (Lipinski definition) is 0. The van der Waals surface area contributed by atoms with E-state index in [1.165, 1.54) is 32.2 Å². The van der Waals surface area contributed by atoms with Crippen molar-refractivity contribution in [1.29, 1.82) is 0 Å². The van der Waals surface area contributed by atoms with Crippen LogP contribution in [-0.2, 0) is 9.53 Å². The van der Waals surface area contributed by atoms with Crippen molar-refractivity contribution in [2.75, 3.05) is 32.8 Å². The third-order valence-corrected chi connectivity index (χ3v) is 4.82. The third-order valence-electron chi connectivity index (χ3n) is 4.82. The number of hydrogen-bond acceptors (Lipinski definition) is 3. The van der Waals surface area contributed by atoms with Gasteiger partial charge in [0.05, 0.1) is 12.1 Å². The molecule has 0 bridgehead atoms. The molecule has 0 N–H and O–H groups in total. The first-order valence-electron chi connectivity index (χ1n) is 7.43. The number of rotatable bonds is 4. The van der Waals surface area contributed by atoms with Crippen LogP contribution in [0.2, 0.25) is 0 Å². The first-order chi connectivity index (χ1) is 8.79. The lowest BCUT2D eigenvalue weighted by molar-refractivity contribution is -0.153. The zero-order chi connectivity index (χ0) is 12.1. The predicted octanol–water partition coefficient (Wildman–Crippen LogP) is 0.718. The second-order valence-electron chi connectivity index (χ2n) is 6.57. The van der Waals surface area contributed by atoms with Gasteiger partial charge in [-0.2, -0.15) is 0 Å². The minimum atomic E-state index is 0.219. The summed E-state index contributed by atoms with van der Waals surface area (Å²) in [6.45, 7) is 4.60. The minimum Gasteiger partial charge on any atom is -0.365 e. The highest BCUT2D eigenvalue weighted by atomic mass is 16.5. The van der Waals surface area contributed by atoms with Gasteiger partial charge in [0.25, 0.3) is 0 Å². The Kier molecular flexibility index (Phi) is 2.62. The molecule has 2 atom stereocenters. The summed E-state index contributed by atoms with van der Waals surface area (Å²) in [5.74, 6) is 1.93. The molecule has 0 unspecified atom stereocenters. The van der Waals surface area contributed by atoms with Gasteiger partial charge in [-0.1, -0.05) is 0 Å². The van der Waals surface area contributed by atoms with Crippen LogP contribution in [0.1, 0.15) is 25.7 Å². The van der Waals surface area contributed by atoms with Crippen LogP contribution in [0.15, 0.2) is 0 Å². The van der Waals surface area contributed by atoms with Gasteiger partial charge < -0.3 is 9.64 Å². The summed E-state index contributed by atoms with van der Waals surface area (Å²) in [5.41, 5.74) is 0. The highest BCUT2D eigenvalue weighted by Gasteiger charge is 2.45. The molecule has 0 spiro atoms. The summed E-state index contributed by atoms with van der Waals surface area (Å²) in [6.07, 6.45) is 5.70. The largest absolute Gasteiger partial charge is 0.365 e. The number of carbonyl (C=O) groups excluding carboxylic acids is 1. The molecule has 0 aromatic heterocycles. The maximum absolute atomic E-state index is 12.0. The molecule has 4 nitrogen and oxygen atoms in total. The highest BCUT2D eigenvalue weighted by Crippen LogP contribution is 2.35. The van der Waals surface area contributed by atoms with Crippen LogP contribution in [0.3, 0.4) is 0 Å². The molecule has 4 rings (SSSR count). The van der Waals surface area contributed by atoms with Gasteiger partial charge >= 0.3 is 0 Å². The summed E-state index contributed by atoms with van der Waals surface area (Å²) in [7, 11) is 0. The molecule has 100 valence electrons. The predicted molar refractivity (Wildman–Crippen MR) is 67.1 cm³/mol. The lowest BCUT2D eigenvalue weighted by Crippen LogP contribution is -2.54. The minimum absolute atomic E-state index is 0.219. The van der Waals surface area contributed by atoms with Crippen molar-refractivity contribution in [3.05, 3.63) is 0 Å². The first kappa shape index (κ1) is 11.2. The van der Waals surface area contributed by atoms with Crippen molar-refractivity contribution in [3.8, 4) is 0 Å². The quantitative estimate of drug-likeness (QED) is 0.737. The maximum atomic E-state index is 12.0. The Balaban J connectivity index is 1.43. The highest BCUT2D eigenvalue weighted by molar-refractivity contribution is 5.78. The molecule has 4 fully saturated rings. The van der Waals surface area contributed by atoms with Gasteiger partial charge in [-0.3, -0.25) is 9.69 Å². The number of morpholine rings is 1. The summed E-state index contributed by atoms with van der Waals surface area (Å²) >= 11 is 0. The molecule has 2 aliphatic carbocycles. The Bertz CT molecular complexity index is 352. The van der Waals surface area contributed by atoms with E-state index < -0.39 is 0 Å². The fraction of sp³-hybridized carbons (Fsp3) is 0.929. The molecular weight excluding hydrogens is 228 g/mol. The molecule has 4 heteroatoms. The first-order valence-corrected chi connectivity index (χ1v) is 7.43. The van der Waals surface area contributed by atoms with E-state index in [1.54, 1.807) is 0 Å². The van der Waals surface area contributed by atoms with Crippen molar-refractivity contribution in [3.63, 3.8) is 0 Å². The molecule has 2 aliphatic heterocycles. The topological polar surface area (TPSA) is 32.8 Å². The van der Waals surface area contributed by atoms with Gasteiger partial charge in [-0.05, 0) is 37.5 Å². The second-order valence-corrected chi connectivity index (χ2v) is 6.57. The van der Waals surface area contributed by atoms with Crippen LogP contribution in [0.5, 0.6) is 0 Å². The zero-order valence-corrected chi connectivity index (χ0v) is 10.9. The van der Waals surface area contributed by atoms with Crippen molar-refractivity contribution in [1.82, 2.24) is 9.80 Å². The van der Waals surface area contributed by atoms with Crippen LogP contribution in [0.25, 0.3) is 0 Å². The van der Waals surface area contributed by atoms with E-state index in [4.69, 9.17) is 4.74 Å². The maximum Gasteiger partial charge on any atom is 0.248 e. The van der Waals surface area contributed by atoms with Gasteiger partial charge in [-0.15, -0.1) is 0 Å². The zero-order valence-electron chi connectivity index (χ0n) is 10.9. The van der Waals surface area contributed by atoms with E-state index in [0.717, 1.165) is 31.5 Å². The molecule has 0 radical (unpaired) electrons. The average Bonchev–Trinajstić information content (AvgIpc) is 3.24. The normalized spacial score (nSPS) is 37.1. The Morgan fingerprint density at radius 3 is 2.50 bits per heavy atom. The Morgan fingerprint density at radius 2 is 1.78 bits per heavy atom. The molecule has 2 saturated carbocycles. The Labute approximate surface area is 108 Å². The monoisotopic (exact) mass is 250 g/mol. The van der Waals surface area contributed by atoms with Gasteiger partial charge in [0.1, 0.15) is 6.61 Å². The smallest absolute Gasteiger partial charge is 0.248 e. The summed E-state index contributed by atoms with van der Waals surface area (Å²) < 4.78 is 5.75. The third kappa shape index (κ3) is 2.16. The van der Waals surface area contributed by atoms with Crippen molar-refractivity contribution >= 4 is 5.91 Å². The SMILES string of the molecule is O=C1CO[C@@H]2CN(CC3CC3)C[C@H]2N1CC1CC1. The standard InChI is InChI=1S/C14H22N2O2/c17-14-9-18-13-8-15(5-10-1-2-10)7-12(13)16(14)6-11-3-4-11/h10-13H,1-9H2/t12-,13-/m1/s1. The fourth-order valence-corrected chi connectivity index (χ4v) is 3.37. The number of amides is 1. The molecule has 4 aliphatic rings. The number of nitrogens with zero attached hydrogens (tertiary/aromatic N) is 2. The van der Waals surface area contributed by atoms with Crippen LogP contribution >= 0.6 is 0 Å². The van der Waals surface area contributed by atoms with Gasteiger partial charge in [-0.25, -0.2) is 0 Å². The van der Waals surface area contributed by atoms with E-state index in [1.807, 2.05) is 0 Å². The lowest BCUT2D eigenvalue weighted by atomic mass is 10.1. The summed E-state index contributed by atoms with van der Waals surface area (Å²) in [5, 5.41) is 0. The fourth-order valence-electron chi connectivity index (χ4n) is 3.37. The van der Waals surface area contributed by atoms with E-state index in [0.29, 0.717) is 12.6 Å². The van der Waals surface area contributed by atoms with Gasteiger partial charge in [0, 0.05) is 26.2 Å². The Hall–Kier alpha value is -0.610. The number of likely N-dealkylation sites (tertiary alicyclic amines) is 1. The van der Waals surface area contributed by atoms with Gasteiger partial charge in [0.15, 0.2) is 0 Å². The average molecular weight is 250 g/mol. The van der Waals surface area contributed by atoms with Crippen LogP contribution in [-0.4, -0.2) is 60.6 Å².